The van der Waals surface area contributed by atoms with E-state index in [0.717, 1.165) is 24.4 Å². The summed E-state index contributed by atoms with van der Waals surface area (Å²) in [5.74, 6) is 0.876. The zero-order valence-corrected chi connectivity index (χ0v) is 18.0. The van der Waals surface area contributed by atoms with E-state index in [9.17, 15) is 9.59 Å². The maximum absolute atomic E-state index is 13.3. The Kier molecular flexibility index (Phi) is 5.17. The molecule has 2 N–H and O–H groups in total. The number of nitrogens with zero attached hydrogens (tertiary/aromatic N) is 2. The van der Waals surface area contributed by atoms with Crippen LogP contribution in [-0.4, -0.2) is 33.5 Å². The minimum absolute atomic E-state index is 0.162. The number of fused-ring (bicyclic) bond motifs is 3. The van der Waals surface area contributed by atoms with Gasteiger partial charge in [0.05, 0.1) is 18.2 Å². The Balaban J connectivity index is 1.33. The zero-order valence-electron chi connectivity index (χ0n) is 18.0. The van der Waals surface area contributed by atoms with Crippen molar-refractivity contribution in [3.63, 3.8) is 0 Å². The molecule has 1 fully saturated rings. The number of aromatic nitrogens is 2. The molecule has 0 unspecified atom stereocenters. The number of benzene rings is 2. The monoisotopic (exact) mass is 430 g/mol. The van der Waals surface area contributed by atoms with Crippen molar-refractivity contribution in [2.75, 3.05) is 6.61 Å². The van der Waals surface area contributed by atoms with Gasteiger partial charge in [0.1, 0.15) is 17.1 Å². The van der Waals surface area contributed by atoms with Crippen molar-refractivity contribution >= 4 is 11.8 Å². The molecule has 0 saturated heterocycles. The average molecular weight is 431 g/mol. The molecule has 2 amide bonds. The predicted octanol–water partition coefficient (Wildman–Crippen LogP) is 3.34. The molecule has 1 aliphatic carbocycles. The van der Waals surface area contributed by atoms with Gasteiger partial charge in [0, 0.05) is 18.1 Å². The van der Waals surface area contributed by atoms with E-state index < -0.39 is 5.54 Å². The number of para-hydroxylation sites is 2. The lowest BCUT2D eigenvalue weighted by atomic mass is 10.0. The van der Waals surface area contributed by atoms with Crippen LogP contribution in [-0.2, 0) is 11.2 Å². The third-order valence-electron chi connectivity index (χ3n) is 6.21. The van der Waals surface area contributed by atoms with Gasteiger partial charge in [-0.1, -0.05) is 30.3 Å². The predicted molar refractivity (Wildman–Crippen MR) is 120 cm³/mol. The van der Waals surface area contributed by atoms with Crippen LogP contribution in [0.25, 0.3) is 5.69 Å². The van der Waals surface area contributed by atoms with Crippen molar-refractivity contribution in [1.82, 2.24) is 20.2 Å². The molecule has 1 aliphatic heterocycles. The van der Waals surface area contributed by atoms with Crippen LogP contribution in [0.15, 0.2) is 60.9 Å². The highest BCUT2D eigenvalue weighted by atomic mass is 16.5. The van der Waals surface area contributed by atoms with Gasteiger partial charge < -0.3 is 19.9 Å². The van der Waals surface area contributed by atoms with E-state index in [1.165, 1.54) is 5.56 Å². The van der Waals surface area contributed by atoms with Crippen LogP contribution < -0.4 is 15.4 Å². The van der Waals surface area contributed by atoms with Gasteiger partial charge in [-0.2, -0.15) is 0 Å². The van der Waals surface area contributed by atoms with Crippen LogP contribution in [0, 0.1) is 0 Å². The highest BCUT2D eigenvalue weighted by Gasteiger charge is 2.52. The number of carbonyl (C=O) groups excluding carboxylic acids is 2. The van der Waals surface area contributed by atoms with Crippen LogP contribution in [0.2, 0.25) is 0 Å². The molecular weight excluding hydrogens is 404 g/mol. The van der Waals surface area contributed by atoms with Crippen molar-refractivity contribution in [2.45, 2.75) is 44.2 Å². The lowest BCUT2D eigenvalue weighted by molar-refractivity contribution is -0.124. The smallest absolute Gasteiger partial charge is 0.255 e. The number of rotatable bonds is 6. The van der Waals surface area contributed by atoms with Gasteiger partial charge in [-0.3, -0.25) is 9.59 Å². The van der Waals surface area contributed by atoms with E-state index >= 15 is 0 Å². The second kappa shape index (κ2) is 8.15. The van der Waals surface area contributed by atoms with E-state index in [1.54, 1.807) is 24.4 Å². The number of carbonyl (C=O) groups is 2. The molecule has 1 aromatic heterocycles. The first-order valence-corrected chi connectivity index (χ1v) is 11.1. The summed E-state index contributed by atoms with van der Waals surface area (Å²) in [5.41, 5.74) is 1.88. The first kappa shape index (κ1) is 20.3. The molecule has 32 heavy (non-hydrogen) atoms. The van der Waals surface area contributed by atoms with Crippen molar-refractivity contribution < 1.29 is 14.3 Å². The highest BCUT2D eigenvalue weighted by molar-refractivity contribution is 6.02. The molecule has 5 rings (SSSR count). The number of hydrogen-bond donors (Lipinski definition) is 2. The van der Waals surface area contributed by atoms with Gasteiger partial charge in [0.25, 0.3) is 5.91 Å². The molecule has 0 spiro atoms. The van der Waals surface area contributed by atoms with Crippen molar-refractivity contribution in [3.8, 4) is 11.4 Å². The number of nitrogens with one attached hydrogen (secondary N) is 2. The molecule has 7 nitrogen and oxygen atoms in total. The highest BCUT2D eigenvalue weighted by Crippen LogP contribution is 2.38. The maximum Gasteiger partial charge on any atom is 0.255 e. The Labute approximate surface area is 186 Å². The summed E-state index contributed by atoms with van der Waals surface area (Å²) >= 11 is 0. The van der Waals surface area contributed by atoms with E-state index in [0.29, 0.717) is 30.8 Å². The molecule has 3 aromatic rings. The third-order valence-corrected chi connectivity index (χ3v) is 6.21. The van der Waals surface area contributed by atoms with Crippen molar-refractivity contribution in [3.05, 3.63) is 77.9 Å². The van der Waals surface area contributed by atoms with Gasteiger partial charge in [-0.05, 0) is 56.4 Å². The van der Waals surface area contributed by atoms with Crippen LogP contribution in [0.5, 0.6) is 5.75 Å². The van der Waals surface area contributed by atoms with Gasteiger partial charge in [-0.25, -0.2) is 4.98 Å². The minimum Gasteiger partial charge on any atom is -0.493 e. The Bertz CT molecular complexity index is 1170. The quantitative estimate of drug-likeness (QED) is 0.628. The molecule has 2 heterocycles. The van der Waals surface area contributed by atoms with Crippen molar-refractivity contribution in [1.29, 1.82) is 0 Å². The molecule has 0 bridgehead atoms. The summed E-state index contributed by atoms with van der Waals surface area (Å²) in [6, 6.07) is 15.1. The lowest BCUT2D eigenvalue weighted by Gasteiger charge is -2.22. The Morgan fingerprint density at radius 3 is 2.75 bits per heavy atom. The summed E-state index contributed by atoms with van der Waals surface area (Å²) in [7, 11) is 0. The Morgan fingerprint density at radius 2 is 1.94 bits per heavy atom. The van der Waals surface area contributed by atoms with Gasteiger partial charge in [-0.15, -0.1) is 0 Å². The van der Waals surface area contributed by atoms with Gasteiger partial charge >= 0.3 is 0 Å². The maximum atomic E-state index is 13.3. The molecule has 164 valence electrons. The largest absolute Gasteiger partial charge is 0.493 e. The molecule has 2 aromatic carbocycles. The first-order valence-electron chi connectivity index (χ1n) is 11.1. The molecule has 0 radical (unpaired) electrons. The molecule has 1 atom stereocenters. The standard InChI is InChI=1S/C25H26N4O3/c1-2-32-21-10-6-4-8-18(21)23(30)28-25(13-14-25)24(31)27-19-12-11-17-7-3-5-9-20(17)29-16-15-26-22(19)29/h3-10,15-16,19H,2,11-14H2,1H3,(H,27,31)(H,28,30)/t19-/m1/s1. The fraction of sp³-hybridized carbons (Fsp3) is 0.320. The lowest BCUT2D eigenvalue weighted by Crippen LogP contribution is -2.50. The summed E-state index contributed by atoms with van der Waals surface area (Å²) in [6.45, 7) is 2.34. The summed E-state index contributed by atoms with van der Waals surface area (Å²) in [6.07, 6.45) is 6.50. The first-order chi connectivity index (χ1) is 15.6. The average Bonchev–Trinajstić information content (AvgIpc) is 3.46. The minimum atomic E-state index is -0.882. The number of ether oxygens (including phenoxy) is 1. The molecular formula is C25H26N4O3. The van der Waals surface area contributed by atoms with Gasteiger partial charge in [0.15, 0.2) is 0 Å². The number of amides is 2. The summed E-state index contributed by atoms with van der Waals surface area (Å²) in [5, 5.41) is 6.13. The zero-order chi connectivity index (χ0) is 22.1. The Hall–Kier alpha value is -3.61. The van der Waals surface area contributed by atoms with Crippen LogP contribution in [0.3, 0.4) is 0 Å². The number of aryl methyl sites for hydroxylation is 1. The van der Waals surface area contributed by atoms with Crippen LogP contribution in [0.1, 0.15) is 54.0 Å². The SMILES string of the molecule is CCOc1ccccc1C(=O)NC1(C(=O)N[C@@H]2CCc3ccccc3-n3ccnc32)CC1. The molecule has 2 aliphatic rings. The summed E-state index contributed by atoms with van der Waals surface area (Å²) < 4.78 is 7.62. The van der Waals surface area contributed by atoms with E-state index in [-0.39, 0.29) is 17.9 Å². The second-order valence-corrected chi connectivity index (χ2v) is 8.31. The van der Waals surface area contributed by atoms with E-state index in [1.807, 2.05) is 35.9 Å². The Morgan fingerprint density at radius 1 is 1.16 bits per heavy atom. The van der Waals surface area contributed by atoms with E-state index in [2.05, 4.69) is 27.8 Å². The van der Waals surface area contributed by atoms with E-state index in [4.69, 9.17) is 4.74 Å². The van der Waals surface area contributed by atoms with Crippen LogP contribution >= 0.6 is 0 Å². The number of imidazole rings is 1. The second-order valence-electron chi connectivity index (χ2n) is 8.31. The third kappa shape index (κ3) is 3.64. The van der Waals surface area contributed by atoms with Crippen LogP contribution in [0.4, 0.5) is 0 Å². The molecule has 1 saturated carbocycles. The van der Waals surface area contributed by atoms with Crippen molar-refractivity contribution in [2.24, 2.45) is 0 Å². The fourth-order valence-electron chi connectivity index (χ4n) is 4.35. The molecule has 7 heteroatoms. The summed E-state index contributed by atoms with van der Waals surface area (Å²) in [4.78, 5) is 30.8. The fourth-order valence-corrected chi connectivity index (χ4v) is 4.35. The number of hydrogen-bond acceptors (Lipinski definition) is 4. The van der Waals surface area contributed by atoms with Gasteiger partial charge in [0.2, 0.25) is 5.91 Å². The normalized spacial score (nSPS) is 18.0. The topological polar surface area (TPSA) is 85.2 Å².